The topological polar surface area (TPSA) is 69.1 Å². The standard InChI is InChI=1S/C9H16N2O.ClH/c10-7(12)8-1-4-9(11,5-2-8)6-3-8;/h1-6,11H2,(H2,10,12);1H. The summed E-state index contributed by atoms with van der Waals surface area (Å²) in [5.41, 5.74) is 11.4. The number of rotatable bonds is 1. The van der Waals surface area contributed by atoms with Crippen LogP contribution in [0.1, 0.15) is 38.5 Å². The second kappa shape index (κ2) is 3.14. The van der Waals surface area contributed by atoms with Crippen LogP contribution in [0.4, 0.5) is 0 Å². The van der Waals surface area contributed by atoms with E-state index >= 15 is 0 Å². The van der Waals surface area contributed by atoms with Crippen molar-refractivity contribution in [2.45, 2.75) is 44.1 Å². The summed E-state index contributed by atoms with van der Waals surface area (Å²) in [5.74, 6) is -0.107. The van der Waals surface area contributed by atoms with Gasteiger partial charge in [0.1, 0.15) is 0 Å². The third-order valence-electron chi connectivity index (χ3n) is 3.83. The highest BCUT2D eigenvalue weighted by Gasteiger charge is 2.49. The van der Waals surface area contributed by atoms with Crippen molar-refractivity contribution in [2.75, 3.05) is 0 Å². The Kier molecular flexibility index (Phi) is 2.61. The number of hydrogen-bond donors (Lipinski definition) is 2. The van der Waals surface area contributed by atoms with Gasteiger partial charge >= 0.3 is 0 Å². The summed E-state index contributed by atoms with van der Waals surface area (Å²) >= 11 is 0. The van der Waals surface area contributed by atoms with Crippen molar-refractivity contribution >= 4 is 18.3 Å². The molecule has 13 heavy (non-hydrogen) atoms. The minimum Gasteiger partial charge on any atom is -0.369 e. The molecule has 0 aromatic carbocycles. The lowest BCUT2D eigenvalue weighted by atomic mass is 9.57. The zero-order valence-corrected chi connectivity index (χ0v) is 8.53. The van der Waals surface area contributed by atoms with E-state index in [2.05, 4.69) is 0 Å². The molecule has 0 aromatic heterocycles. The Morgan fingerprint density at radius 3 is 1.69 bits per heavy atom. The highest BCUT2D eigenvalue weighted by Crippen LogP contribution is 2.50. The van der Waals surface area contributed by atoms with E-state index in [0.29, 0.717) is 0 Å². The van der Waals surface area contributed by atoms with Crippen LogP contribution in [0.3, 0.4) is 0 Å². The molecule has 3 rings (SSSR count). The summed E-state index contributed by atoms with van der Waals surface area (Å²) in [6, 6.07) is 0. The number of primary amides is 1. The Morgan fingerprint density at radius 2 is 1.38 bits per heavy atom. The van der Waals surface area contributed by atoms with E-state index in [1.807, 2.05) is 0 Å². The average Bonchev–Trinajstić information content (AvgIpc) is 2.06. The van der Waals surface area contributed by atoms with Crippen molar-refractivity contribution < 1.29 is 4.79 Å². The number of nitrogens with two attached hydrogens (primary N) is 2. The first kappa shape index (κ1) is 10.8. The Bertz CT molecular complexity index is 205. The molecule has 3 aliphatic rings. The Balaban J connectivity index is 0.000000845. The van der Waals surface area contributed by atoms with Crippen molar-refractivity contribution in [3.63, 3.8) is 0 Å². The lowest BCUT2D eigenvalue weighted by Crippen LogP contribution is -2.55. The van der Waals surface area contributed by atoms with Crippen LogP contribution in [0.2, 0.25) is 0 Å². The van der Waals surface area contributed by atoms with Gasteiger partial charge in [0, 0.05) is 11.0 Å². The van der Waals surface area contributed by atoms with Gasteiger partial charge in [-0.1, -0.05) is 0 Å². The molecule has 0 aliphatic heterocycles. The zero-order valence-electron chi connectivity index (χ0n) is 7.71. The summed E-state index contributed by atoms with van der Waals surface area (Å²) in [5, 5.41) is 0. The second-order valence-corrected chi connectivity index (χ2v) is 4.51. The quantitative estimate of drug-likeness (QED) is 0.668. The lowest BCUT2D eigenvalue weighted by molar-refractivity contribution is -0.134. The first-order valence-corrected chi connectivity index (χ1v) is 4.65. The smallest absolute Gasteiger partial charge is 0.223 e. The molecule has 1 amide bonds. The van der Waals surface area contributed by atoms with Crippen molar-refractivity contribution in [1.82, 2.24) is 0 Å². The SMILES string of the molecule is Cl.NC(=O)C12CCC(N)(CC1)CC2. The summed E-state index contributed by atoms with van der Waals surface area (Å²) in [6.45, 7) is 0. The molecule has 0 heterocycles. The molecular formula is C9H17ClN2O. The Labute approximate surface area is 84.6 Å². The van der Waals surface area contributed by atoms with Gasteiger partial charge in [0.15, 0.2) is 0 Å². The number of carbonyl (C=O) groups excluding carboxylic acids is 1. The van der Waals surface area contributed by atoms with Gasteiger partial charge in [-0.2, -0.15) is 0 Å². The molecule has 4 N–H and O–H groups in total. The van der Waals surface area contributed by atoms with Crippen LogP contribution >= 0.6 is 12.4 Å². The van der Waals surface area contributed by atoms with E-state index in [4.69, 9.17) is 11.5 Å². The molecule has 4 heteroatoms. The number of halogens is 1. The predicted octanol–water partition coefficient (Wildman–Crippen LogP) is 0.945. The normalized spacial score (nSPS) is 42.5. The van der Waals surface area contributed by atoms with Crippen molar-refractivity contribution in [1.29, 1.82) is 0 Å². The van der Waals surface area contributed by atoms with Gasteiger partial charge in [0.2, 0.25) is 5.91 Å². The summed E-state index contributed by atoms with van der Waals surface area (Å²) in [7, 11) is 0. The lowest BCUT2D eigenvalue weighted by Gasteiger charge is -2.50. The number of carbonyl (C=O) groups is 1. The van der Waals surface area contributed by atoms with Crippen LogP contribution in [0, 0.1) is 5.41 Å². The van der Waals surface area contributed by atoms with Gasteiger partial charge < -0.3 is 11.5 Å². The fourth-order valence-electron chi connectivity index (χ4n) is 2.58. The van der Waals surface area contributed by atoms with E-state index < -0.39 is 0 Å². The van der Waals surface area contributed by atoms with Crippen LogP contribution in [0.5, 0.6) is 0 Å². The highest BCUT2D eigenvalue weighted by molar-refractivity contribution is 5.85. The van der Waals surface area contributed by atoms with Crippen LogP contribution in [-0.4, -0.2) is 11.4 Å². The second-order valence-electron chi connectivity index (χ2n) is 4.51. The maximum Gasteiger partial charge on any atom is 0.223 e. The molecular weight excluding hydrogens is 188 g/mol. The van der Waals surface area contributed by atoms with E-state index in [1.165, 1.54) is 0 Å². The molecule has 3 fully saturated rings. The molecule has 3 aliphatic carbocycles. The zero-order chi connectivity index (χ0) is 8.82. The third kappa shape index (κ3) is 1.55. The minimum absolute atomic E-state index is 0. The largest absolute Gasteiger partial charge is 0.369 e. The number of amides is 1. The molecule has 76 valence electrons. The Hall–Kier alpha value is -0.280. The van der Waals surface area contributed by atoms with Crippen molar-refractivity contribution in [3.8, 4) is 0 Å². The highest BCUT2D eigenvalue weighted by atomic mass is 35.5. The van der Waals surface area contributed by atoms with Gasteiger partial charge in [-0.3, -0.25) is 4.79 Å². The van der Waals surface area contributed by atoms with Crippen molar-refractivity contribution in [3.05, 3.63) is 0 Å². The molecule has 0 spiro atoms. The average molecular weight is 205 g/mol. The molecule has 0 atom stereocenters. The monoisotopic (exact) mass is 204 g/mol. The minimum atomic E-state index is -0.179. The third-order valence-corrected chi connectivity index (χ3v) is 3.83. The van der Waals surface area contributed by atoms with Crippen LogP contribution in [0.25, 0.3) is 0 Å². The van der Waals surface area contributed by atoms with E-state index in [-0.39, 0.29) is 29.3 Å². The van der Waals surface area contributed by atoms with E-state index in [1.54, 1.807) is 0 Å². The van der Waals surface area contributed by atoms with E-state index in [9.17, 15) is 4.79 Å². The van der Waals surface area contributed by atoms with Crippen molar-refractivity contribution in [2.24, 2.45) is 16.9 Å². The predicted molar refractivity (Wildman–Crippen MR) is 53.5 cm³/mol. The van der Waals surface area contributed by atoms with Crippen LogP contribution in [-0.2, 0) is 4.79 Å². The van der Waals surface area contributed by atoms with Gasteiger partial charge in [-0.25, -0.2) is 0 Å². The maximum atomic E-state index is 11.2. The molecule has 0 aromatic rings. The van der Waals surface area contributed by atoms with Crippen LogP contribution in [0.15, 0.2) is 0 Å². The molecule has 0 saturated heterocycles. The maximum absolute atomic E-state index is 11.2. The number of fused-ring (bicyclic) bond motifs is 3. The van der Waals surface area contributed by atoms with Gasteiger partial charge in [-0.15, -0.1) is 12.4 Å². The molecule has 3 nitrogen and oxygen atoms in total. The van der Waals surface area contributed by atoms with Gasteiger partial charge in [0.05, 0.1) is 0 Å². The first-order valence-electron chi connectivity index (χ1n) is 4.65. The van der Waals surface area contributed by atoms with Gasteiger partial charge in [-0.05, 0) is 38.5 Å². The fraction of sp³-hybridized carbons (Fsp3) is 0.889. The summed E-state index contributed by atoms with van der Waals surface area (Å²) < 4.78 is 0. The molecule has 3 saturated carbocycles. The number of hydrogen-bond acceptors (Lipinski definition) is 2. The Morgan fingerprint density at radius 1 is 1.00 bits per heavy atom. The summed E-state index contributed by atoms with van der Waals surface area (Å²) in [4.78, 5) is 11.2. The summed E-state index contributed by atoms with van der Waals surface area (Å²) in [6.07, 6.45) is 5.69. The van der Waals surface area contributed by atoms with E-state index in [0.717, 1.165) is 38.5 Å². The molecule has 0 unspecified atom stereocenters. The molecule has 0 radical (unpaired) electrons. The first-order chi connectivity index (χ1) is 5.56. The molecule has 2 bridgehead atoms. The van der Waals surface area contributed by atoms with Gasteiger partial charge in [0.25, 0.3) is 0 Å². The van der Waals surface area contributed by atoms with Crippen LogP contribution < -0.4 is 11.5 Å². The fourth-order valence-corrected chi connectivity index (χ4v) is 2.58.